The maximum atomic E-state index is 12.9. The Hall–Kier alpha value is -4.22. The normalized spacial score (nSPS) is 14.4. The van der Waals surface area contributed by atoms with Gasteiger partial charge in [-0.15, -0.1) is 0 Å². The number of aliphatic hydroxyl groups is 1. The van der Waals surface area contributed by atoms with Crippen molar-refractivity contribution in [1.29, 1.82) is 5.26 Å². The molecule has 8 nitrogen and oxygen atoms in total. The highest BCUT2D eigenvalue weighted by molar-refractivity contribution is 5.78. The molecular formula is C29H31N5O3. The van der Waals surface area contributed by atoms with Crippen molar-refractivity contribution >= 4 is 5.91 Å². The molecule has 0 saturated carbocycles. The topological polar surface area (TPSA) is 108 Å². The van der Waals surface area contributed by atoms with E-state index in [2.05, 4.69) is 11.2 Å². The number of aromatic nitrogens is 3. The number of aryl methyl sites for hydroxylation is 1. The summed E-state index contributed by atoms with van der Waals surface area (Å²) in [6.07, 6.45) is 2.76. The van der Waals surface area contributed by atoms with Gasteiger partial charge in [0.15, 0.2) is 0 Å². The second-order valence-electron chi connectivity index (χ2n) is 8.88. The van der Waals surface area contributed by atoms with Gasteiger partial charge in [-0.05, 0) is 37.1 Å². The Morgan fingerprint density at radius 3 is 2.41 bits per heavy atom. The number of hydrogen-bond donors (Lipinski definition) is 1. The molecule has 5 rings (SSSR count). The average Bonchev–Trinajstić information content (AvgIpc) is 3.58. The molecule has 0 spiro atoms. The molecule has 1 amide bonds. The number of amides is 1. The molecule has 0 unspecified atom stereocenters. The van der Waals surface area contributed by atoms with Gasteiger partial charge in [-0.25, -0.2) is 4.98 Å². The number of rotatable bonds is 5. The van der Waals surface area contributed by atoms with Crippen LogP contribution in [0.1, 0.15) is 43.7 Å². The summed E-state index contributed by atoms with van der Waals surface area (Å²) in [6, 6.07) is 20.8. The van der Waals surface area contributed by atoms with E-state index in [0.717, 1.165) is 17.0 Å². The highest BCUT2D eigenvalue weighted by Gasteiger charge is 2.38. The maximum Gasteiger partial charge on any atom is 0.230 e. The van der Waals surface area contributed by atoms with E-state index in [0.29, 0.717) is 48.6 Å². The lowest BCUT2D eigenvalue weighted by molar-refractivity contribution is -0.135. The van der Waals surface area contributed by atoms with Gasteiger partial charge in [-0.1, -0.05) is 49.3 Å². The van der Waals surface area contributed by atoms with E-state index >= 15 is 0 Å². The minimum Gasteiger partial charge on any atom is -0.383 e. The first kappa shape index (κ1) is 25.9. The first-order valence-electron chi connectivity index (χ1n) is 12.5. The van der Waals surface area contributed by atoms with Gasteiger partial charge in [0.1, 0.15) is 22.9 Å². The zero-order valence-electron chi connectivity index (χ0n) is 21.4. The van der Waals surface area contributed by atoms with E-state index in [-0.39, 0.29) is 12.3 Å². The summed E-state index contributed by atoms with van der Waals surface area (Å²) >= 11 is 0. The third-order valence-electron chi connectivity index (χ3n) is 6.52. The van der Waals surface area contributed by atoms with E-state index in [1.807, 2.05) is 74.1 Å². The number of benzene rings is 2. The molecule has 1 aliphatic heterocycles. The summed E-state index contributed by atoms with van der Waals surface area (Å²) in [5.74, 6) is 1.18. The van der Waals surface area contributed by atoms with Crippen molar-refractivity contribution in [3.8, 4) is 28.7 Å². The number of carbonyl (C=O) groups is 1. The Morgan fingerprint density at radius 1 is 1.08 bits per heavy atom. The summed E-state index contributed by atoms with van der Waals surface area (Å²) in [6.45, 7) is 4.86. The fourth-order valence-electron chi connectivity index (χ4n) is 4.44. The van der Waals surface area contributed by atoms with Crippen molar-refractivity contribution in [2.75, 3.05) is 13.1 Å². The lowest BCUT2D eigenvalue weighted by Crippen LogP contribution is -2.45. The molecule has 1 fully saturated rings. The van der Waals surface area contributed by atoms with Crippen LogP contribution in [0.25, 0.3) is 22.6 Å². The van der Waals surface area contributed by atoms with Gasteiger partial charge >= 0.3 is 0 Å². The summed E-state index contributed by atoms with van der Waals surface area (Å²) in [5, 5.41) is 24.4. The predicted octanol–water partition coefficient (Wildman–Crippen LogP) is 4.69. The molecule has 8 heteroatoms. The van der Waals surface area contributed by atoms with Gasteiger partial charge in [0.05, 0.1) is 23.7 Å². The van der Waals surface area contributed by atoms with Crippen molar-refractivity contribution in [3.63, 3.8) is 0 Å². The lowest BCUT2D eigenvalue weighted by atomic mass is 9.88. The van der Waals surface area contributed by atoms with Gasteiger partial charge < -0.3 is 19.1 Å². The molecular weight excluding hydrogens is 466 g/mol. The highest BCUT2D eigenvalue weighted by Crippen LogP contribution is 2.34. The molecule has 1 saturated heterocycles. The molecule has 0 atom stereocenters. The molecule has 3 heterocycles. The number of nitrogens with zero attached hydrogens (tertiary/aromatic N) is 5. The zero-order chi connectivity index (χ0) is 26.4. The monoisotopic (exact) mass is 497 g/mol. The van der Waals surface area contributed by atoms with Gasteiger partial charge in [-0.2, -0.15) is 5.26 Å². The van der Waals surface area contributed by atoms with Crippen molar-refractivity contribution in [3.05, 3.63) is 83.9 Å². The Balaban J connectivity index is 0.00000156. The molecule has 2 aromatic heterocycles. The van der Waals surface area contributed by atoms with E-state index in [1.54, 1.807) is 23.1 Å². The van der Waals surface area contributed by atoms with Crippen LogP contribution in [0.3, 0.4) is 0 Å². The van der Waals surface area contributed by atoms with Crippen LogP contribution in [-0.2, 0) is 23.9 Å². The van der Waals surface area contributed by atoms with Crippen LogP contribution in [-0.4, -0.2) is 43.7 Å². The van der Waals surface area contributed by atoms with Crippen molar-refractivity contribution in [2.45, 2.75) is 38.7 Å². The lowest BCUT2D eigenvalue weighted by Gasteiger charge is -2.37. The molecule has 2 aromatic carbocycles. The zero-order valence-corrected chi connectivity index (χ0v) is 21.4. The smallest absolute Gasteiger partial charge is 0.230 e. The second kappa shape index (κ2) is 11.2. The van der Waals surface area contributed by atoms with E-state index in [9.17, 15) is 9.90 Å². The number of likely N-dealkylation sites (tertiary alicyclic amines) is 1. The molecule has 0 bridgehead atoms. The number of piperidine rings is 1. The molecule has 0 radical (unpaired) electrons. The fourth-order valence-corrected chi connectivity index (χ4v) is 4.44. The standard InChI is InChI=1S/C27H25N5O3.C2H6/c1-31-18-24(29-26(31)21-9-7-19(17-28)8-10-21)27(34)11-13-32(14-12-27)25(33)16-22-15-23(30-35-22)20-5-3-2-4-6-20;1-2/h2-10,15,18,34H,11-14,16H2,1H3;1-2H3. The molecule has 37 heavy (non-hydrogen) atoms. The molecule has 4 aromatic rings. The summed E-state index contributed by atoms with van der Waals surface area (Å²) in [5.41, 5.74) is 2.58. The van der Waals surface area contributed by atoms with Crippen LogP contribution in [0.4, 0.5) is 0 Å². The average molecular weight is 498 g/mol. The van der Waals surface area contributed by atoms with Crippen LogP contribution in [0, 0.1) is 11.3 Å². The first-order valence-corrected chi connectivity index (χ1v) is 12.5. The second-order valence-corrected chi connectivity index (χ2v) is 8.88. The van der Waals surface area contributed by atoms with Crippen LogP contribution in [0.15, 0.2) is 71.4 Å². The maximum absolute atomic E-state index is 12.9. The summed E-state index contributed by atoms with van der Waals surface area (Å²) in [4.78, 5) is 19.3. The van der Waals surface area contributed by atoms with Crippen LogP contribution in [0.2, 0.25) is 0 Å². The molecule has 1 aliphatic rings. The van der Waals surface area contributed by atoms with Gasteiger partial charge in [-0.3, -0.25) is 4.79 Å². The van der Waals surface area contributed by atoms with E-state index in [4.69, 9.17) is 14.8 Å². The summed E-state index contributed by atoms with van der Waals surface area (Å²) < 4.78 is 7.26. The van der Waals surface area contributed by atoms with Crippen LogP contribution >= 0.6 is 0 Å². The van der Waals surface area contributed by atoms with Crippen molar-refractivity contribution in [2.24, 2.45) is 7.05 Å². The molecule has 1 N–H and O–H groups in total. The van der Waals surface area contributed by atoms with Crippen LogP contribution in [0.5, 0.6) is 0 Å². The number of imidazole rings is 1. The molecule has 0 aliphatic carbocycles. The minimum absolute atomic E-state index is 0.0536. The quantitative estimate of drug-likeness (QED) is 0.428. The Morgan fingerprint density at radius 2 is 1.76 bits per heavy atom. The largest absolute Gasteiger partial charge is 0.383 e. The minimum atomic E-state index is -1.11. The third kappa shape index (κ3) is 5.63. The van der Waals surface area contributed by atoms with Crippen molar-refractivity contribution < 1.29 is 14.4 Å². The van der Waals surface area contributed by atoms with Crippen molar-refractivity contribution in [1.82, 2.24) is 19.6 Å². The third-order valence-corrected chi connectivity index (χ3v) is 6.52. The van der Waals surface area contributed by atoms with Gasteiger partial charge in [0.2, 0.25) is 5.91 Å². The van der Waals surface area contributed by atoms with E-state index in [1.165, 1.54) is 0 Å². The summed E-state index contributed by atoms with van der Waals surface area (Å²) in [7, 11) is 1.88. The van der Waals surface area contributed by atoms with Crippen LogP contribution < -0.4 is 0 Å². The molecule has 190 valence electrons. The SMILES string of the molecule is CC.Cn1cc(C2(O)CCN(C(=O)Cc3cc(-c4ccccc4)no3)CC2)nc1-c1ccc(C#N)cc1. The highest BCUT2D eigenvalue weighted by atomic mass is 16.5. The van der Waals surface area contributed by atoms with Gasteiger partial charge in [0.25, 0.3) is 0 Å². The Kier molecular flexibility index (Phi) is 7.85. The van der Waals surface area contributed by atoms with E-state index < -0.39 is 5.60 Å². The predicted molar refractivity (Wildman–Crippen MR) is 140 cm³/mol. The number of nitriles is 1. The Labute approximate surface area is 216 Å². The number of carbonyl (C=O) groups excluding carboxylic acids is 1. The first-order chi connectivity index (χ1) is 17.9. The van der Waals surface area contributed by atoms with Gasteiger partial charge in [0, 0.05) is 43.5 Å². The Bertz CT molecular complexity index is 1380. The fraction of sp³-hybridized carbons (Fsp3) is 0.310. The number of hydrogen-bond acceptors (Lipinski definition) is 6.